The molecule has 2 N–H and O–H groups in total. The van der Waals surface area contributed by atoms with Crippen molar-refractivity contribution in [3.05, 3.63) is 17.0 Å². The molecule has 2 heterocycles. The van der Waals surface area contributed by atoms with Gasteiger partial charge in [-0.3, -0.25) is 9.58 Å². The van der Waals surface area contributed by atoms with E-state index >= 15 is 0 Å². The van der Waals surface area contributed by atoms with Gasteiger partial charge in [0.2, 0.25) is 0 Å². The van der Waals surface area contributed by atoms with Crippen LogP contribution in [0.15, 0.2) is 0 Å². The molecule has 1 aromatic rings. The molecule has 2 unspecified atom stereocenters. The molecule has 2 aliphatic rings. The molecule has 5 heteroatoms. The van der Waals surface area contributed by atoms with Crippen LogP contribution < -0.4 is 0 Å². The van der Waals surface area contributed by atoms with E-state index in [2.05, 4.69) is 23.8 Å². The number of likely N-dealkylation sites (tertiary alicyclic amines) is 1. The third-order valence-corrected chi connectivity index (χ3v) is 5.74. The number of fused-ring (bicyclic) bond motifs is 1. The highest BCUT2D eigenvalue weighted by molar-refractivity contribution is 5.24. The summed E-state index contributed by atoms with van der Waals surface area (Å²) in [5.74, 6) is 0.433. The van der Waals surface area contributed by atoms with Crippen molar-refractivity contribution in [2.24, 2.45) is 5.92 Å². The van der Waals surface area contributed by atoms with E-state index in [9.17, 15) is 5.11 Å². The van der Waals surface area contributed by atoms with E-state index in [0.29, 0.717) is 12.5 Å². The second-order valence-electron chi connectivity index (χ2n) is 7.13. The number of hydrogen-bond acceptors (Lipinski definition) is 4. The van der Waals surface area contributed by atoms with E-state index in [1.54, 1.807) is 0 Å². The predicted octanol–water partition coefficient (Wildman–Crippen LogP) is 1.62. The lowest BCUT2D eigenvalue weighted by molar-refractivity contribution is -0.0968. The minimum Gasteiger partial charge on any atom is -0.394 e. The number of aryl methyl sites for hydroxylation is 1. The summed E-state index contributed by atoms with van der Waals surface area (Å²) in [4.78, 5) is 2.48. The molecule has 0 radical (unpaired) electrons. The summed E-state index contributed by atoms with van der Waals surface area (Å²) < 4.78 is 1.91. The molecule has 5 nitrogen and oxygen atoms in total. The average Bonchev–Trinajstić information content (AvgIpc) is 2.75. The maximum atomic E-state index is 10.8. The van der Waals surface area contributed by atoms with Crippen LogP contribution in [0, 0.1) is 19.8 Å². The first-order chi connectivity index (χ1) is 10.5. The molecule has 1 aromatic heterocycles. The Morgan fingerprint density at radius 3 is 2.86 bits per heavy atom. The van der Waals surface area contributed by atoms with Crippen LogP contribution in [0.2, 0.25) is 0 Å². The van der Waals surface area contributed by atoms with Crippen molar-refractivity contribution in [2.75, 3.05) is 19.7 Å². The van der Waals surface area contributed by atoms with E-state index < -0.39 is 5.60 Å². The Hall–Kier alpha value is -0.910. The fraction of sp³-hybridized carbons (Fsp3) is 0.824. The highest BCUT2D eigenvalue weighted by atomic mass is 16.3. The van der Waals surface area contributed by atoms with Gasteiger partial charge in [-0.1, -0.05) is 12.8 Å². The normalized spacial score (nSPS) is 29.5. The molecule has 1 aliphatic heterocycles. The van der Waals surface area contributed by atoms with Gasteiger partial charge in [0.05, 0.1) is 24.4 Å². The van der Waals surface area contributed by atoms with E-state index in [-0.39, 0.29) is 6.61 Å². The van der Waals surface area contributed by atoms with E-state index in [4.69, 9.17) is 5.11 Å². The van der Waals surface area contributed by atoms with Gasteiger partial charge in [-0.25, -0.2) is 0 Å². The summed E-state index contributed by atoms with van der Waals surface area (Å²) in [6.07, 6.45) is 5.49. The molecule has 3 rings (SSSR count). The number of aliphatic hydroxyl groups excluding tert-OH is 1. The van der Waals surface area contributed by atoms with Crippen LogP contribution in [0.3, 0.4) is 0 Å². The Balaban J connectivity index is 1.69. The maximum Gasteiger partial charge on any atom is 0.0700 e. The summed E-state index contributed by atoms with van der Waals surface area (Å²) in [5, 5.41) is 24.5. The summed E-state index contributed by atoms with van der Waals surface area (Å²) in [5.41, 5.74) is 3.11. The molecule has 1 saturated heterocycles. The average molecular weight is 307 g/mol. The van der Waals surface area contributed by atoms with Gasteiger partial charge in [-0.2, -0.15) is 5.10 Å². The van der Waals surface area contributed by atoms with Crippen LogP contribution in [0.5, 0.6) is 0 Å². The van der Waals surface area contributed by atoms with Crippen molar-refractivity contribution in [3.63, 3.8) is 0 Å². The van der Waals surface area contributed by atoms with E-state index in [1.807, 2.05) is 4.68 Å². The third-order valence-electron chi connectivity index (χ3n) is 5.74. The zero-order valence-corrected chi connectivity index (χ0v) is 13.9. The SMILES string of the molecule is Cc1nn(CCO)c(C)c1CN1CCC2(O)CCCCC2C1. The van der Waals surface area contributed by atoms with E-state index in [1.165, 1.54) is 18.4 Å². The van der Waals surface area contributed by atoms with Gasteiger partial charge in [0, 0.05) is 36.8 Å². The summed E-state index contributed by atoms with van der Waals surface area (Å²) in [6, 6.07) is 0. The molecular formula is C17H29N3O2. The van der Waals surface area contributed by atoms with Crippen molar-refractivity contribution in [2.45, 2.75) is 64.6 Å². The van der Waals surface area contributed by atoms with Gasteiger partial charge >= 0.3 is 0 Å². The smallest absolute Gasteiger partial charge is 0.0700 e. The van der Waals surface area contributed by atoms with Crippen LogP contribution in [0.25, 0.3) is 0 Å². The lowest BCUT2D eigenvalue weighted by Gasteiger charge is -2.47. The summed E-state index contributed by atoms with van der Waals surface area (Å²) >= 11 is 0. The van der Waals surface area contributed by atoms with Crippen molar-refractivity contribution < 1.29 is 10.2 Å². The minimum atomic E-state index is -0.403. The lowest BCUT2D eigenvalue weighted by Crippen LogP contribution is -2.53. The third kappa shape index (κ3) is 2.94. The highest BCUT2D eigenvalue weighted by Gasteiger charge is 2.42. The number of aromatic nitrogens is 2. The standard InChI is InChI=1S/C17H29N3O2/c1-13-16(14(2)20(18-13)9-10-21)12-19-8-7-17(22)6-4-3-5-15(17)11-19/h15,21-22H,3-12H2,1-2H3. The first-order valence-electron chi connectivity index (χ1n) is 8.62. The number of nitrogens with zero attached hydrogens (tertiary/aromatic N) is 3. The Morgan fingerprint density at radius 2 is 2.09 bits per heavy atom. The Bertz CT molecular complexity index is 528. The van der Waals surface area contributed by atoms with Crippen LogP contribution in [-0.4, -0.2) is 50.2 Å². The fourth-order valence-corrected chi connectivity index (χ4v) is 4.28. The van der Waals surface area contributed by atoms with Gasteiger partial charge in [0.25, 0.3) is 0 Å². The van der Waals surface area contributed by atoms with Crippen LogP contribution in [-0.2, 0) is 13.1 Å². The molecule has 0 aromatic carbocycles. The van der Waals surface area contributed by atoms with Crippen molar-refractivity contribution in [3.8, 4) is 0 Å². The Morgan fingerprint density at radius 1 is 1.27 bits per heavy atom. The highest BCUT2D eigenvalue weighted by Crippen LogP contribution is 2.40. The van der Waals surface area contributed by atoms with Crippen LogP contribution >= 0.6 is 0 Å². The number of aliphatic hydroxyl groups is 2. The van der Waals surface area contributed by atoms with Gasteiger partial charge in [0.1, 0.15) is 0 Å². The Labute approximate surface area is 132 Å². The maximum absolute atomic E-state index is 10.8. The quantitative estimate of drug-likeness (QED) is 0.887. The molecule has 22 heavy (non-hydrogen) atoms. The number of piperidine rings is 1. The summed E-state index contributed by atoms with van der Waals surface area (Å²) in [6.45, 7) is 7.71. The first-order valence-corrected chi connectivity index (χ1v) is 8.62. The van der Waals surface area contributed by atoms with E-state index in [0.717, 1.165) is 50.3 Å². The van der Waals surface area contributed by atoms with Crippen molar-refractivity contribution in [1.29, 1.82) is 0 Å². The first kappa shape index (κ1) is 16.0. The number of rotatable bonds is 4. The molecular weight excluding hydrogens is 278 g/mol. The monoisotopic (exact) mass is 307 g/mol. The van der Waals surface area contributed by atoms with Gasteiger partial charge < -0.3 is 10.2 Å². The lowest BCUT2D eigenvalue weighted by atomic mass is 9.71. The number of hydrogen-bond donors (Lipinski definition) is 2. The minimum absolute atomic E-state index is 0.125. The van der Waals surface area contributed by atoms with Crippen LogP contribution in [0.1, 0.15) is 49.1 Å². The zero-order chi connectivity index (χ0) is 15.7. The van der Waals surface area contributed by atoms with Crippen LogP contribution in [0.4, 0.5) is 0 Å². The van der Waals surface area contributed by atoms with Gasteiger partial charge in [-0.15, -0.1) is 0 Å². The molecule has 0 amide bonds. The van der Waals surface area contributed by atoms with Crippen molar-refractivity contribution in [1.82, 2.24) is 14.7 Å². The largest absolute Gasteiger partial charge is 0.394 e. The molecule has 2 atom stereocenters. The second kappa shape index (κ2) is 6.30. The van der Waals surface area contributed by atoms with Gasteiger partial charge in [0.15, 0.2) is 0 Å². The zero-order valence-electron chi connectivity index (χ0n) is 13.9. The fourth-order valence-electron chi connectivity index (χ4n) is 4.28. The topological polar surface area (TPSA) is 61.5 Å². The molecule has 2 fully saturated rings. The Kier molecular flexibility index (Phi) is 4.57. The molecule has 1 aliphatic carbocycles. The molecule has 124 valence electrons. The van der Waals surface area contributed by atoms with Crippen molar-refractivity contribution >= 4 is 0 Å². The van der Waals surface area contributed by atoms with Gasteiger partial charge in [-0.05, 0) is 33.1 Å². The second-order valence-corrected chi connectivity index (χ2v) is 7.13. The summed E-state index contributed by atoms with van der Waals surface area (Å²) in [7, 11) is 0. The predicted molar refractivity (Wildman–Crippen MR) is 85.6 cm³/mol. The molecule has 1 saturated carbocycles. The molecule has 0 bridgehead atoms. The molecule has 0 spiro atoms.